The van der Waals surface area contributed by atoms with Crippen LogP contribution in [0.4, 0.5) is 5.69 Å². The molecule has 0 spiro atoms. The number of benzene rings is 1. The molecule has 0 fully saturated rings. The number of amides is 1. The van der Waals surface area contributed by atoms with Crippen molar-refractivity contribution < 1.29 is 4.79 Å². The lowest BCUT2D eigenvalue weighted by atomic mass is 10.3. The van der Waals surface area contributed by atoms with Crippen LogP contribution in [0.15, 0.2) is 30.5 Å². The summed E-state index contributed by atoms with van der Waals surface area (Å²) in [5.74, 6) is -0.296. The molecule has 0 atom stereocenters. The van der Waals surface area contributed by atoms with E-state index in [4.69, 9.17) is 23.2 Å². The maximum Gasteiger partial charge on any atom is 0.273 e. The van der Waals surface area contributed by atoms with Crippen molar-refractivity contribution in [1.29, 1.82) is 0 Å². The van der Waals surface area contributed by atoms with Gasteiger partial charge in [0, 0.05) is 21.9 Å². The second-order valence-corrected chi connectivity index (χ2v) is 3.96. The molecule has 1 aromatic heterocycles. The molecule has 2 rings (SSSR count). The second-order valence-electron chi connectivity index (χ2n) is 3.08. The number of aromatic nitrogens is 2. The zero-order chi connectivity index (χ0) is 11.5. The van der Waals surface area contributed by atoms with Crippen LogP contribution in [0.3, 0.4) is 0 Å². The van der Waals surface area contributed by atoms with Crippen molar-refractivity contribution in [2.75, 3.05) is 5.32 Å². The Hall–Kier alpha value is -1.52. The van der Waals surface area contributed by atoms with Gasteiger partial charge in [-0.2, -0.15) is 5.10 Å². The van der Waals surface area contributed by atoms with Gasteiger partial charge in [0.15, 0.2) is 0 Å². The zero-order valence-corrected chi connectivity index (χ0v) is 9.51. The van der Waals surface area contributed by atoms with Crippen LogP contribution in [0.5, 0.6) is 0 Å². The van der Waals surface area contributed by atoms with Gasteiger partial charge >= 0.3 is 0 Å². The summed E-state index contributed by atoms with van der Waals surface area (Å²) in [7, 11) is 0. The third-order valence-corrected chi connectivity index (χ3v) is 2.30. The van der Waals surface area contributed by atoms with Crippen molar-refractivity contribution in [1.82, 2.24) is 10.2 Å². The molecule has 0 saturated heterocycles. The first kappa shape index (κ1) is 11.0. The predicted octanol–water partition coefficient (Wildman–Crippen LogP) is 2.97. The summed E-state index contributed by atoms with van der Waals surface area (Å²) in [4.78, 5) is 11.6. The lowest BCUT2D eigenvalue weighted by Gasteiger charge is -2.04. The lowest BCUT2D eigenvalue weighted by molar-refractivity contribution is 0.102. The summed E-state index contributed by atoms with van der Waals surface area (Å²) in [5.41, 5.74) is 0.910. The van der Waals surface area contributed by atoms with Crippen LogP contribution in [-0.4, -0.2) is 16.1 Å². The van der Waals surface area contributed by atoms with Gasteiger partial charge in [-0.1, -0.05) is 23.2 Å². The average molecular weight is 256 g/mol. The Morgan fingerprint density at radius 1 is 1.25 bits per heavy atom. The minimum atomic E-state index is -0.296. The van der Waals surface area contributed by atoms with Gasteiger partial charge in [-0.3, -0.25) is 9.89 Å². The average Bonchev–Trinajstić information content (AvgIpc) is 2.68. The molecular formula is C10H7Cl2N3O. The Bertz CT molecular complexity index is 491. The monoisotopic (exact) mass is 255 g/mol. The highest BCUT2D eigenvalue weighted by Crippen LogP contribution is 2.22. The SMILES string of the molecule is O=C(Nc1cc(Cl)cc(Cl)c1)c1ccn[nH]1. The summed E-state index contributed by atoms with van der Waals surface area (Å²) >= 11 is 11.6. The topological polar surface area (TPSA) is 57.8 Å². The number of rotatable bonds is 2. The molecule has 0 saturated carbocycles. The highest BCUT2D eigenvalue weighted by atomic mass is 35.5. The number of halogens is 2. The molecule has 0 bridgehead atoms. The number of nitrogens with zero attached hydrogens (tertiary/aromatic N) is 1. The number of H-pyrrole nitrogens is 1. The Labute approximate surface area is 102 Å². The minimum Gasteiger partial charge on any atom is -0.321 e. The number of carbonyl (C=O) groups excluding carboxylic acids is 1. The normalized spacial score (nSPS) is 10.1. The van der Waals surface area contributed by atoms with E-state index in [9.17, 15) is 4.79 Å². The first-order valence-electron chi connectivity index (χ1n) is 4.42. The molecule has 2 aromatic rings. The maximum atomic E-state index is 11.6. The molecule has 6 heteroatoms. The van der Waals surface area contributed by atoms with E-state index in [0.29, 0.717) is 21.4 Å². The van der Waals surface area contributed by atoms with E-state index in [1.165, 1.54) is 6.20 Å². The predicted molar refractivity (Wildman–Crippen MR) is 63.0 cm³/mol. The van der Waals surface area contributed by atoms with Gasteiger partial charge in [0.05, 0.1) is 0 Å². The van der Waals surface area contributed by atoms with Crippen LogP contribution in [0.25, 0.3) is 0 Å². The molecule has 0 aliphatic carbocycles. The van der Waals surface area contributed by atoms with Crippen molar-refractivity contribution in [3.63, 3.8) is 0 Å². The summed E-state index contributed by atoms with van der Waals surface area (Å²) in [6.07, 6.45) is 1.50. The standard InChI is InChI=1S/C10H7Cl2N3O/c11-6-3-7(12)5-8(4-6)14-10(16)9-1-2-13-15-9/h1-5H,(H,13,15)(H,14,16). The van der Waals surface area contributed by atoms with Crippen molar-refractivity contribution in [3.05, 3.63) is 46.2 Å². The molecule has 0 unspecified atom stereocenters. The van der Waals surface area contributed by atoms with Crippen LogP contribution in [0.2, 0.25) is 10.0 Å². The molecule has 2 N–H and O–H groups in total. The van der Waals surface area contributed by atoms with Gasteiger partial charge in [0.25, 0.3) is 5.91 Å². The third kappa shape index (κ3) is 2.53. The molecule has 1 heterocycles. The van der Waals surface area contributed by atoms with Gasteiger partial charge < -0.3 is 5.32 Å². The first-order chi connectivity index (χ1) is 7.65. The van der Waals surface area contributed by atoms with E-state index >= 15 is 0 Å². The molecule has 4 nitrogen and oxygen atoms in total. The fraction of sp³-hybridized carbons (Fsp3) is 0. The smallest absolute Gasteiger partial charge is 0.273 e. The Kier molecular flexibility index (Phi) is 3.12. The molecule has 1 amide bonds. The Balaban J connectivity index is 2.18. The maximum absolute atomic E-state index is 11.6. The summed E-state index contributed by atoms with van der Waals surface area (Å²) in [6.45, 7) is 0. The molecule has 0 aliphatic heterocycles. The second kappa shape index (κ2) is 4.55. The molecule has 1 aromatic carbocycles. The van der Waals surface area contributed by atoms with Gasteiger partial charge in [0.2, 0.25) is 0 Å². The van der Waals surface area contributed by atoms with E-state index < -0.39 is 0 Å². The Morgan fingerprint density at radius 2 is 1.94 bits per heavy atom. The summed E-state index contributed by atoms with van der Waals surface area (Å²) < 4.78 is 0. The van der Waals surface area contributed by atoms with Gasteiger partial charge in [0.1, 0.15) is 5.69 Å². The van der Waals surface area contributed by atoms with E-state index in [1.54, 1.807) is 24.3 Å². The number of carbonyl (C=O) groups is 1. The van der Waals surface area contributed by atoms with Gasteiger partial charge in [-0.15, -0.1) is 0 Å². The van der Waals surface area contributed by atoms with Crippen LogP contribution < -0.4 is 5.32 Å². The van der Waals surface area contributed by atoms with Crippen molar-refractivity contribution in [2.24, 2.45) is 0 Å². The van der Waals surface area contributed by atoms with Crippen molar-refractivity contribution >= 4 is 34.8 Å². The van der Waals surface area contributed by atoms with Gasteiger partial charge in [-0.05, 0) is 24.3 Å². The molecule has 82 valence electrons. The molecular weight excluding hydrogens is 249 g/mol. The number of aromatic amines is 1. The first-order valence-corrected chi connectivity index (χ1v) is 5.17. The van der Waals surface area contributed by atoms with Crippen LogP contribution >= 0.6 is 23.2 Å². The van der Waals surface area contributed by atoms with Crippen molar-refractivity contribution in [2.45, 2.75) is 0 Å². The third-order valence-electron chi connectivity index (χ3n) is 1.87. The van der Waals surface area contributed by atoms with E-state index in [-0.39, 0.29) is 5.91 Å². The van der Waals surface area contributed by atoms with E-state index in [2.05, 4.69) is 15.5 Å². The van der Waals surface area contributed by atoms with E-state index in [1.807, 2.05) is 0 Å². The number of anilines is 1. The highest BCUT2D eigenvalue weighted by Gasteiger charge is 2.07. The molecule has 0 aliphatic rings. The summed E-state index contributed by atoms with van der Waals surface area (Å²) in [5, 5.41) is 9.82. The quantitative estimate of drug-likeness (QED) is 0.867. The molecule has 0 radical (unpaired) electrons. The lowest BCUT2D eigenvalue weighted by Crippen LogP contribution is -2.12. The summed E-state index contributed by atoms with van der Waals surface area (Å²) in [6, 6.07) is 6.39. The van der Waals surface area contributed by atoms with Crippen LogP contribution in [0.1, 0.15) is 10.5 Å². The van der Waals surface area contributed by atoms with Crippen molar-refractivity contribution in [3.8, 4) is 0 Å². The molecule has 16 heavy (non-hydrogen) atoms. The number of hydrogen-bond acceptors (Lipinski definition) is 2. The van der Waals surface area contributed by atoms with E-state index in [0.717, 1.165) is 0 Å². The zero-order valence-electron chi connectivity index (χ0n) is 8.00. The van der Waals surface area contributed by atoms with Crippen LogP contribution in [0, 0.1) is 0 Å². The fourth-order valence-electron chi connectivity index (χ4n) is 1.21. The fourth-order valence-corrected chi connectivity index (χ4v) is 1.73. The highest BCUT2D eigenvalue weighted by molar-refractivity contribution is 6.35. The van der Waals surface area contributed by atoms with Gasteiger partial charge in [-0.25, -0.2) is 0 Å². The number of hydrogen-bond donors (Lipinski definition) is 2. The minimum absolute atomic E-state index is 0.296. The number of nitrogens with one attached hydrogen (secondary N) is 2. The Morgan fingerprint density at radius 3 is 2.50 bits per heavy atom. The largest absolute Gasteiger partial charge is 0.321 e. The van der Waals surface area contributed by atoms with Crippen LogP contribution in [-0.2, 0) is 0 Å².